The molecule has 6 heteroatoms. The van der Waals surface area contributed by atoms with Crippen LogP contribution >= 0.6 is 0 Å². The van der Waals surface area contributed by atoms with E-state index in [1.54, 1.807) is 11.8 Å². The molecule has 0 saturated carbocycles. The van der Waals surface area contributed by atoms with Crippen LogP contribution in [0.2, 0.25) is 0 Å². The van der Waals surface area contributed by atoms with E-state index < -0.39 is 11.9 Å². The number of carboxylic acids is 1. The number of nitrogens with one attached hydrogen (secondary N) is 1. The third kappa shape index (κ3) is 4.70. The Kier molecular flexibility index (Phi) is 6.08. The van der Waals surface area contributed by atoms with Crippen molar-refractivity contribution in [3.63, 3.8) is 0 Å². The number of carbonyl (C=O) groups is 2. The van der Waals surface area contributed by atoms with Gasteiger partial charge >= 0.3 is 12.0 Å². The predicted molar refractivity (Wildman–Crippen MR) is 71.0 cm³/mol. The van der Waals surface area contributed by atoms with Crippen LogP contribution in [0.3, 0.4) is 0 Å². The molecule has 2 N–H and O–H groups in total. The molecule has 1 aliphatic heterocycles. The lowest BCUT2D eigenvalue weighted by atomic mass is 10.1. The summed E-state index contributed by atoms with van der Waals surface area (Å²) in [6.07, 6.45) is 1.34. The number of rotatable bonds is 5. The number of hydrogen-bond acceptors (Lipinski definition) is 3. The van der Waals surface area contributed by atoms with E-state index in [-0.39, 0.29) is 18.2 Å². The number of urea groups is 1. The Labute approximate surface area is 114 Å². The van der Waals surface area contributed by atoms with Crippen LogP contribution in [0, 0.1) is 5.92 Å². The summed E-state index contributed by atoms with van der Waals surface area (Å²) in [6, 6.07) is -0.0207. The highest BCUT2D eigenvalue weighted by Gasteiger charge is 2.29. The number of hydrogen-bond donors (Lipinski definition) is 2. The number of amides is 2. The van der Waals surface area contributed by atoms with Gasteiger partial charge in [0, 0.05) is 13.1 Å². The Morgan fingerprint density at radius 1 is 1.53 bits per heavy atom. The zero-order chi connectivity index (χ0) is 14.4. The molecular formula is C13H24N2O4. The molecule has 1 saturated heterocycles. The van der Waals surface area contributed by atoms with Crippen molar-refractivity contribution in [1.82, 2.24) is 10.2 Å². The van der Waals surface area contributed by atoms with Crippen molar-refractivity contribution in [3.8, 4) is 0 Å². The largest absolute Gasteiger partial charge is 0.481 e. The highest BCUT2D eigenvalue weighted by molar-refractivity contribution is 5.75. The van der Waals surface area contributed by atoms with E-state index in [4.69, 9.17) is 9.84 Å². The quantitative estimate of drug-likeness (QED) is 0.791. The number of ether oxygens (including phenoxy) is 1. The number of nitrogens with zero attached hydrogens (tertiary/aromatic N) is 1. The van der Waals surface area contributed by atoms with E-state index in [0.29, 0.717) is 26.1 Å². The third-order valence-electron chi connectivity index (χ3n) is 3.47. The van der Waals surface area contributed by atoms with E-state index >= 15 is 0 Å². The molecule has 2 amide bonds. The van der Waals surface area contributed by atoms with Gasteiger partial charge in [0.1, 0.15) is 0 Å². The molecule has 0 aromatic rings. The first kappa shape index (κ1) is 15.8. The second-order valence-corrected chi connectivity index (χ2v) is 5.12. The van der Waals surface area contributed by atoms with Crippen LogP contribution in [-0.2, 0) is 9.53 Å². The third-order valence-corrected chi connectivity index (χ3v) is 3.47. The van der Waals surface area contributed by atoms with Gasteiger partial charge in [-0.1, -0.05) is 13.8 Å². The molecule has 1 fully saturated rings. The van der Waals surface area contributed by atoms with Crippen LogP contribution in [0.15, 0.2) is 0 Å². The average molecular weight is 272 g/mol. The fourth-order valence-corrected chi connectivity index (χ4v) is 2.05. The maximum absolute atomic E-state index is 12.1. The molecule has 0 aromatic carbocycles. The molecular weight excluding hydrogens is 248 g/mol. The van der Waals surface area contributed by atoms with Gasteiger partial charge in [0.15, 0.2) is 0 Å². The molecule has 1 aliphatic rings. The number of carbonyl (C=O) groups excluding carboxylic acids is 1. The molecule has 0 bridgehead atoms. The minimum absolute atomic E-state index is 0.0477. The van der Waals surface area contributed by atoms with Gasteiger partial charge in [-0.2, -0.15) is 0 Å². The maximum atomic E-state index is 12.1. The monoisotopic (exact) mass is 272 g/mol. The molecule has 3 atom stereocenters. The smallest absolute Gasteiger partial charge is 0.317 e. The molecule has 0 spiro atoms. The number of carboxylic acid groups (broad SMARTS) is 1. The minimum Gasteiger partial charge on any atom is -0.481 e. The van der Waals surface area contributed by atoms with Gasteiger partial charge < -0.3 is 20.1 Å². The second kappa shape index (κ2) is 7.33. The van der Waals surface area contributed by atoms with E-state index in [9.17, 15) is 9.59 Å². The fraction of sp³-hybridized carbons (Fsp3) is 0.846. The van der Waals surface area contributed by atoms with Crippen LogP contribution in [0.1, 0.15) is 33.6 Å². The van der Waals surface area contributed by atoms with Crippen molar-refractivity contribution in [3.05, 3.63) is 0 Å². The summed E-state index contributed by atoms with van der Waals surface area (Å²) < 4.78 is 5.54. The van der Waals surface area contributed by atoms with E-state index in [1.165, 1.54) is 0 Å². The Morgan fingerprint density at radius 3 is 2.79 bits per heavy atom. The van der Waals surface area contributed by atoms with Crippen LogP contribution < -0.4 is 5.32 Å². The van der Waals surface area contributed by atoms with Gasteiger partial charge in [-0.15, -0.1) is 0 Å². The van der Waals surface area contributed by atoms with Crippen molar-refractivity contribution in [2.75, 3.05) is 19.7 Å². The first-order valence-corrected chi connectivity index (χ1v) is 6.84. The molecule has 3 unspecified atom stereocenters. The number of morpholine rings is 1. The SMILES string of the molecule is CCC1COC(C)CN1C(=O)NCCC(C)C(=O)O. The van der Waals surface area contributed by atoms with E-state index in [0.717, 1.165) is 6.42 Å². The standard InChI is InChI=1S/C13H24N2O4/c1-4-11-8-19-10(3)7-15(11)13(18)14-6-5-9(2)12(16)17/h9-11H,4-8H2,1-3H3,(H,14,18)(H,16,17). The minimum atomic E-state index is -0.833. The first-order valence-electron chi connectivity index (χ1n) is 6.84. The zero-order valence-corrected chi connectivity index (χ0v) is 11.9. The van der Waals surface area contributed by atoms with Crippen LogP contribution in [0.4, 0.5) is 4.79 Å². The lowest BCUT2D eigenvalue weighted by Gasteiger charge is -2.38. The van der Waals surface area contributed by atoms with Gasteiger partial charge in [-0.3, -0.25) is 4.79 Å². The molecule has 19 heavy (non-hydrogen) atoms. The predicted octanol–water partition coefficient (Wildman–Crippen LogP) is 1.31. The van der Waals surface area contributed by atoms with Crippen molar-refractivity contribution < 1.29 is 19.4 Å². The summed E-state index contributed by atoms with van der Waals surface area (Å²) in [5.74, 6) is -1.27. The van der Waals surface area contributed by atoms with Crippen molar-refractivity contribution in [2.45, 2.75) is 45.8 Å². The molecule has 0 radical (unpaired) electrons. The average Bonchev–Trinajstić information content (AvgIpc) is 2.38. The molecule has 0 aromatic heterocycles. The van der Waals surface area contributed by atoms with Gasteiger partial charge in [0.25, 0.3) is 0 Å². The van der Waals surface area contributed by atoms with Crippen LogP contribution in [-0.4, -0.2) is 53.8 Å². The van der Waals surface area contributed by atoms with Gasteiger partial charge in [-0.25, -0.2) is 4.79 Å². The summed E-state index contributed by atoms with van der Waals surface area (Å²) in [7, 11) is 0. The summed E-state index contributed by atoms with van der Waals surface area (Å²) in [5, 5.41) is 11.6. The Morgan fingerprint density at radius 2 is 2.21 bits per heavy atom. The second-order valence-electron chi connectivity index (χ2n) is 5.12. The van der Waals surface area contributed by atoms with Crippen molar-refractivity contribution >= 4 is 12.0 Å². The summed E-state index contributed by atoms with van der Waals surface area (Å²) in [6.45, 7) is 7.14. The van der Waals surface area contributed by atoms with E-state index in [2.05, 4.69) is 5.32 Å². The zero-order valence-electron chi connectivity index (χ0n) is 11.9. The van der Waals surface area contributed by atoms with E-state index in [1.807, 2.05) is 13.8 Å². The summed E-state index contributed by atoms with van der Waals surface area (Å²) >= 11 is 0. The molecule has 1 heterocycles. The Hall–Kier alpha value is -1.30. The fourth-order valence-electron chi connectivity index (χ4n) is 2.05. The number of aliphatic carboxylic acids is 1. The highest BCUT2D eigenvalue weighted by Crippen LogP contribution is 2.14. The molecule has 1 rings (SSSR count). The van der Waals surface area contributed by atoms with Gasteiger partial charge in [0.05, 0.1) is 24.7 Å². The molecule has 0 aliphatic carbocycles. The topological polar surface area (TPSA) is 78.9 Å². The Bertz CT molecular complexity index is 322. The van der Waals surface area contributed by atoms with Crippen molar-refractivity contribution in [1.29, 1.82) is 0 Å². The van der Waals surface area contributed by atoms with Crippen molar-refractivity contribution in [2.24, 2.45) is 5.92 Å². The summed E-state index contributed by atoms with van der Waals surface area (Å²) in [5.41, 5.74) is 0. The highest BCUT2D eigenvalue weighted by atomic mass is 16.5. The lowest BCUT2D eigenvalue weighted by molar-refractivity contribution is -0.141. The first-order chi connectivity index (χ1) is 8.95. The molecule has 6 nitrogen and oxygen atoms in total. The lowest BCUT2D eigenvalue weighted by Crippen LogP contribution is -2.54. The van der Waals surface area contributed by atoms with Gasteiger partial charge in [0.2, 0.25) is 0 Å². The summed E-state index contributed by atoms with van der Waals surface area (Å²) in [4.78, 5) is 24.5. The van der Waals surface area contributed by atoms with Gasteiger partial charge in [-0.05, 0) is 19.8 Å². The van der Waals surface area contributed by atoms with Crippen LogP contribution in [0.25, 0.3) is 0 Å². The molecule has 110 valence electrons. The normalized spacial score (nSPS) is 24.9. The Balaban J connectivity index is 2.40. The van der Waals surface area contributed by atoms with Crippen LogP contribution in [0.5, 0.6) is 0 Å². The maximum Gasteiger partial charge on any atom is 0.317 e.